The topological polar surface area (TPSA) is 79.9 Å². The predicted octanol–water partition coefficient (Wildman–Crippen LogP) is 2.28. The van der Waals surface area contributed by atoms with E-state index in [4.69, 9.17) is 10.5 Å². The summed E-state index contributed by atoms with van der Waals surface area (Å²) in [4.78, 5) is 0. The molecule has 1 aliphatic heterocycles. The van der Waals surface area contributed by atoms with Gasteiger partial charge in [0.05, 0.1) is 6.54 Å². The van der Waals surface area contributed by atoms with Gasteiger partial charge in [0.25, 0.3) is 0 Å². The Morgan fingerprint density at radius 2 is 2.00 bits per heavy atom. The first-order valence-corrected chi connectivity index (χ1v) is 7.28. The highest BCUT2D eigenvalue weighted by Gasteiger charge is 2.34. The number of benzene rings is 1. The minimum absolute atomic E-state index is 0.327. The van der Waals surface area contributed by atoms with Gasteiger partial charge in [0.1, 0.15) is 22.9 Å². The molecule has 1 unspecified atom stereocenters. The second-order valence-corrected chi connectivity index (χ2v) is 6.17. The number of hydrogen-bond acceptors (Lipinski definition) is 4. The predicted molar refractivity (Wildman–Crippen MR) is 85.0 cm³/mol. The van der Waals surface area contributed by atoms with Crippen molar-refractivity contribution in [2.75, 3.05) is 6.54 Å². The smallest absolute Gasteiger partial charge is 0.127 e. The Kier molecular flexibility index (Phi) is 4.03. The van der Waals surface area contributed by atoms with Crippen LogP contribution in [0.2, 0.25) is 0 Å². The van der Waals surface area contributed by atoms with Crippen LogP contribution in [-0.2, 0) is 6.42 Å². The molecular formula is C16H25N3O2. The molecule has 21 heavy (non-hydrogen) atoms. The van der Waals surface area contributed by atoms with Gasteiger partial charge in [-0.2, -0.15) is 5.10 Å². The van der Waals surface area contributed by atoms with E-state index in [0.29, 0.717) is 18.1 Å². The number of nitrogens with one attached hydrogen (secondary N) is 1. The molecule has 1 aromatic rings. The number of fused-ring (bicyclic) bond motifs is 1. The van der Waals surface area contributed by atoms with E-state index in [9.17, 15) is 5.11 Å². The lowest BCUT2D eigenvalue weighted by Gasteiger charge is -2.37. The van der Waals surface area contributed by atoms with Gasteiger partial charge in [-0.05, 0) is 64.2 Å². The summed E-state index contributed by atoms with van der Waals surface area (Å²) in [5.41, 5.74) is 12.1. The first kappa shape index (κ1) is 15.5. The van der Waals surface area contributed by atoms with E-state index < -0.39 is 0 Å². The van der Waals surface area contributed by atoms with Gasteiger partial charge in [0, 0.05) is 5.56 Å². The fourth-order valence-corrected chi connectivity index (χ4v) is 2.75. The van der Waals surface area contributed by atoms with Crippen molar-refractivity contribution in [2.45, 2.75) is 53.1 Å². The second-order valence-electron chi connectivity index (χ2n) is 6.17. The molecule has 1 aliphatic rings. The first-order chi connectivity index (χ1) is 9.75. The van der Waals surface area contributed by atoms with Gasteiger partial charge < -0.3 is 21.0 Å². The number of nitrogens with zero attached hydrogens (tertiary/aromatic N) is 1. The molecule has 0 fully saturated rings. The number of ether oxygens (including phenoxy) is 1. The van der Waals surface area contributed by atoms with Crippen LogP contribution in [0.4, 0.5) is 0 Å². The van der Waals surface area contributed by atoms with Gasteiger partial charge in [-0.25, -0.2) is 0 Å². The molecule has 0 spiro atoms. The van der Waals surface area contributed by atoms with Gasteiger partial charge in [-0.3, -0.25) is 0 Å². The van der Waals surface area contributed by atoms with E-state index in [0.717, 1.165) is 40.8 Å². The number of nitrogens with two attached hydrogens (primary N) is 1. The number of amidine groups is 1. The van der Waals surface area contributed by atoms with Crippen LogP contribution in [0.3, 0.4) is 0 Å². The highest BCUT2D eigenvalue weighted by Crippen LogP contribution is 2.43. The second kappa shape index (κ2) is 5.47. The minimum atomic E-state index is -0.327. The largest absolute Gasteiger partial charge is 0.507 e. The average Bonchev–Trinajstić information content (AvgIpc) is 2.42. The zero-order valence-corrected chi connectivity index (χ0v) is 13.5. The molecule has 0 saturated carbocycles. The quantitative estimate of drug-likeness (QED) is 0.453. The Bertz CT molecular complexity index is 592. The van der Waals surface area contributed by atoms with Crippen molar-refractivity contribution < 1.29 is 9.84 Å². The zero-order chi connectivity index (χ0) is 15.8. The maximum Gasteiger partial charge on any atom is 0.127 e. The van der Waals surface area contributed by atoms with Crippen LogP contribution < -0.4 is 15.9 Å². The number of rotatable bonds is 3. The Hall–Kier alpha value is -1.91. The summed E-state index contributed by atoms with van der Waals surface area (Å²) in [5, 5.41) is 14.2. The highest BCUT2D eigenvalue weighted by atomic mass is 16.5. The van der Waals surface area contributed by atoms with Crippen molar-refractivity contribution in [3.63, 3.8) is 0 Å². The van der Waals surface area contributed by atoms with Crippen molar-refractivity contribution in [3.8, 4) is 11.5 Å². The molecule has 4 N–H and O–H groups in total. The number of phenols is 1. The summed E-state index contributed by atoms with van der Waals surface area (Å²) in [6.45, 7) is 10.3. The van der Waals surface area contributed by atoms with Crippen molar-refractivity contribution in [1.29, 1.82) is 0 Å². The first-order valence-electron chi connectivity index (χ1n) is 7.28. The van der Waals surface area contributed by atoms with E-state index in [1.807, 2.05) is 20.8 Å². The van der Waals surface area contributed by atoms with Crippen LogP contribution in [0.5, 0.6) is 11.5 Å². The van der Waals surface area contributed by atoms with Gasteiger partial charge in [-0.15, -0.1) is 0 Å². The van der Waals surface area contributed by atoms with Crippen molar-refractivity contribution in [1.82, 2.24) is 5.43 Å². The molecule has 116 valence electrons. The van der Waals surface area contributed by atoms with Gasteiger partial charge >= 0.3 is 0 Å². The van der Waals surface area contributed by atoms with Crippen LogP contribution in [-0.4, -0.2) is 23.1 Å². The summed E-state index contributed by atoms with van der Waals surface area (Å²) < 4.78 is 6.26. The van der Waals surface area contributed by atoms with E-state index in [1.54, 1.807) is 6.92 Å². The Balaban J connectivity index is 2.30. The molecule has 0 saturated heterocycles. The number of hydrogen-bond donors (Lipinski definition) is 3. The Labute approximate surface area is 126 Å². The van der Waals surface area contributed by atoms with Crippen molar-refractivity contribution >= 4 is 5.84 Å². The van der Waals surface area contributed by atoms with Crippen LogP contribution >= 0.6 is 0 Å². The van der Waals surface area contributed by atoms with Gasteiger partial charge in [0.2, 0.25) is 0 Å². The Morgan fingerprint density at radius 3 is 2.62 bits per heavy atom. The summed E-state index contributed by atoms with van der Waals surface area (Å²) in [5.74, 6) is 1.80. The van der Waals surface area contributed by atoms with E-state index in [1.165, 1.54) is 0 Å². The van der Waals surface area contributed by atoms with Crippen molar-refractivity contribution in [2.24, 2.45) is 10.8 Å². The van der Waals surface area contributed by atoms with E-state index in [2.05, 4.69) is 17.5 Å². The summed E-state index contributed by atoms with van der Waals surface area (Å²) >= 11 is 0. The molecule has 1 aromatic carbocycles. The zero-order valence-electron chi connectivity index (χ0n) is 13.5. The normalized spacial score (nSPS) is 21.7. The van der Waals surface area contributed by atoms with E-state index in [-0.39, 0.29) is 5.60 Å². The standard InChI is InChI=1S/C16H25N3O2/c1-9-10(2)15-13(11(3)14(9)20)6-7-16(5,21-15)8-18-19-12(4)17/h18,20H,6-8H2,1-5H3,(H2,17,19). The monoisotopic (exact) mass is 291 g/mol. The molecule has 1 heterocycles. The molecule has 5 heteroatoms. The SMILES string of the molecule is CC(N)=NNCC1(C)CCc2c(C)c(O)c(C)c(C)c2O1. The third kappa shape index (κ3) is 2.91. The molecule has 0 bridgehead atoms. The van der Waals surface area contributed by atoms with Crippen molar-refractivity contribution in [3.05, 3.63) is 22.3 Å². The van der Waals surface area contributed by atoms with Gasteiger partial charge in [-0.1, -0.05) is 0 Å². The molecule has 0 aromatic heterocycles. The minimum Gasteiger partial charge on any atom is -0.507 e. The van der Waals surface area contributed by atoms with Crippen LogP contribution in [0.15, 0.2) is 5.10 Å². The average molecular weight is 291 g/mol. The Morgan fingerprint density at radius 1 is 1.33 bits per heavy atom. The molecule has 0 aliphatic carbocycles. The summed E-state index contributed by atoms with van der Waals surface area (Å²) in [7, 11) is 0. The molecule has 0 amide bonds. The lowest BCUT2D eigenvalue weighted by atomic mass is 9.87. The van der Waals surface area contributed by atoms with Crippen LogP contribution in [0.1, 0.15) is 42.5 Å². The molecule has 5 nitrogen and oxygen atoms in total. The van der Waals surface area contributed by atoms with E-state index >= 15 is 0 Å². The lowest BCUT2D eigenvalue weighted by Crippen LogP contribution is -2.45. The maximum atomic E-state index is 10.2. The summed E-state index contributed by atoms with van der Waals surface area (Å²) in [6.07, 6.45) is 1.76. The fourth-order valence-electron chi connectivity index (χ4n) is 2.75. The molecule has 0 radical (unpaired) electrons. The molecular weight excluding hydrogens is 266 g/mol. The lowest BCUT2D eigenvalue weighted by molar-refractivity contribution is 0.0637. The van der Waals surface area contributed by atoms with Gasteiger partial charge in [0.15, 0.2) is 0 Å². The molecule has 2 rings (SSSR count). The number of hydrazone groups is 1. The van der Waals surface area contributed by atoms with Crippen LogP contribution in [0, 0.1) is 20.8 Å². The fraction of sp³-hybridized carbons (Fsp3) is 0.562. The number of aromatic hydroxyl groups is 1. The third-order valence-corrected chi connectivity index (χ3v) is 4.30. The number of phenolic OH excluding ortho intramolecular Hbond substituents is 1. The third-order valence-electron chi connectivity index (χ3n) is 4.30. The maximum absolute atomic E-state index is 10.2. The highest BCUT2D eigenvalue weighted by molar-refractivity contribution is 5.77. The van der Waals surface area contributed by atoms with Crippen LogP contribution in [0.25, 0.3) is 0 Å². The summed E-state index contributed by atoms with van der Waals surface area (Å²) in [6, 6.07) is 0. The molecule has 1 atom stereocenters.